The summed E-state index contributed by atoms with van der Waals surface area (Å²) in [6, 6.07) is 7.45. The van der Waals surface area contributed by atoms with E-state index in [2.05, 4.69) is 25.6 Å². The van der Waals surface area contributed by atoms with E-state index >= 15 is 0 Å². The Morgan fingerprint density at radius 1 is 0.966 bits per heavy atom. The maximum Gasteiger partial charge on any atom is 0.278 e. The molecule has 0 spiro atoms. The zero-order valence-corrected chi connectivity index (χ0v) is 18.1. The highest BCUT2D eigenvalue weighted by Crippen LogP contribution is 2.37. The molecule has 2 aromatic carbocycles. The molecular weight excluding hydrogens is 415 g/mol. The number of nitrogens with one attached hydrogen (secondary N) is 1. The lowest BCUT2D eigenvalue weighted by atomic mass is 10.2. The molecule has 4 aromatic rings. The van der Waals surface area contributed by atoms with Crippen molar-refractivity contribution in [3.63, 3.8) is 0 Å². The molecule has 0 saturated heterocycles. The Kier molecular flexibility index (Phi) is 6.36. The summed E-state index contributed by atoms with van der Waals surface area (Å²) in [4.78, 5) is 8.92. The highest BCUT2D eigenvalue weighted by atomic mass is 35.5. The van der Waals surface area contributed by atoms with Crippen LogP contribution in [0.15, 0.2) is 24.3 Å². The number of benzene rings is 2. The Balaban J connectivity index is 0.000000755. The van der Waals surface area contributed by atoms with Crippen LogP contribution >= 0.6 is 23.2 Å². The second kappa shape index (κ2) is 8.77. The molecule has 2 heterocycles. The quantitative estimate of drug-likeness (QED) is 0.523. The van der Waals surface area contributed by atoms with Gasteiger partial charge in [0, 0.05) is 0 Å². The Labute approximate surface area is 177 Å². The molecule has 0 bridgehead atoms. The average molecular weight is 435 g/mol. The van der Waals surface area contributed by atoms with Gasteiger partial charge in [0.25, 0.3) is 11.8 Å². The first-order valence-electron chi connectivity index (χ1n) is 8.63. The molecule has 4 rings (SSSR count). The fraction of sp³-hybridized carbons (Fsp3) is 0.263. The number of fused-ring (bicyclic) bond motifs is 2. The van der Waals surface area contributed by atoms with E-state index in [1.54, 1.807) is 10.7 Å². The van der Waals surface area contributed by atoms with Crippen molar-refractivity contribution in [1.82, 2.24) is 30.3 Å². The van der Waals surface area contributed by atoms with Crippen molar-refractivity contribution < 1.29 is 9.47 Å². The first-order chi connectivity index (χ1) is 13.9. The third-order valence-electron chi connectivity index (χ3n) is 3.97. The van der Waals surface area contributed by atoms with Gasteiger partial charge < -0.3 is 14.8 Å². The fourth-order valence-electron chi connectivity index (χ4n) is 2.75. The first kappa shape index (κ1) is 21.0. The van der Waals surface area contributed by atoms with Crippen molar-refractivity contribution in [3.05, 3.63) is 39.9 Å². The third-order valence-corrected chi connectivity index (χ3v) is 4.74. The molecule has 2 aromatic heterocycles. The van der Waals surface area contributed by atoms with E-state index in [4.69, 9.17) is 32.7 Å². The summed E-state index contributed by atoms with van der Waals surface area (Å²) in [5, 5.41) is 11.8. The Morgan fingerprint density at radius 2 is 1.62 bits per heavy atom. The van der Waals surface area contributed by atoms with E-state index in [1.807, 2.05) is 39.2 Å². The number of halogens is 2. The summed E-state index contributed by atoms with van der Waals surface area (Å²) >= 11 is 12.8. The van der Waals surface area contributed by atoms with Crippen LogP contribution in [0.3, 0.4) is 0 Å². The van der Waals surface area contributed by atoms with Gasteiger partial charge in [-0.25, -0.2) is 14.6 Å². The van der Waals surface area contributed by atoms with Gasteiger partial charge in [0.05, 0.1) is 35.3 Å². The standard InChI is InChI=1S/C17H13Cl2N5O2.C2H7N/c1-8-4-5-12-10(6-8)22-23-24(12)15-13(19)9(18)7-11-14(15)21-17(26-3)16(20-11)25-2;1-3-2/h4-7H,1-3H3;3H,1-2H3. The van der Waals surface area contributed by atoms with E-state index in [9.17, 15) is 0 Å². The minimum absolute atomic E-state index is 0.236. The summed E-state index contributed by atoms with van der Waals surface area (Å²) < 4.78 is 12.1. The number of aromatic nitrogens is 5. The molecule has 29 heavy (non-hydrogen) atoms. The minimum Gasteiger partial charge on any atom is -0.477 e. The van der Waals surface area contributed by atoms with Gasteiger partial charge in [0.2, 0.25) is 0 Å². The number of rotatable bonds is 3. The van der Waals surface area contributed by atoms with Crippen molar-refractivity contribution in [3.8, 4) is 17.4 Å². The molecule has 8 nitrogen and oxygen atoms in total. The number of hydrogen-bond donors (Lipinski definition) is 1. The molecule has 0 aliphatic rings. The second-order valence-corrected chi connectivity index (χ2v) is 6.91. The number of aryl methyl sites for hydroxylation is 1. The predicted molar refractivity (Wildman–Crippen MR) is 115 cm³/mol. The average Bonchev–Trinajstić information content (AvgIpc) is 3.11. The maximum atomic E-state index is 6.50. The van der Waals surface area contributed by atoms with Crippen LogP contribution in [0.25, 0.3) is 27.8 Å². The van der Waals surface area contributed by atoms with Crippen molar-refractivity contribution >= 4 is 45.3 Å². The molecule has 0 atom stereocenters. The van der Waals surface area contributed by atoms with Crippen molar-refractivity contribution in [2.24, 2.45) is 0 Å². The van der Waals surface area contributed by atoms with Gasteiger partial charge in [-0.05, 0) is 44.8 Å². The van der Waals surface area contributed by atoms with Crippen LogP contribution in [-0.2, 0) is 0 Å². The lowest BCUT2D eigenvalue weighted by molar-refractivity contribution is 0.334. The second-order valence-electron chi connectivity index (χ2n) is 6.12. The molecule has 0 saturated carbocycles. The highest BCUT2D eigenvalue weighted by Gasteiger charge is 2.21. The van der Waals surface area contributed by atoms with Gasteiger partial charge in [-0.1, -0.05) is 34.5 Å². The number of hydrogen-bond acceptors (Lipinski definition) is 7. The Morgan fingerprint density at radius 3 is 2.28 bits per heavy atom. The van der Waals surface area contributed by atoms with Crippen molar-refractivity contribution in [2.75, 3.05) is 28.3 Å². The zero-order valence-electron chi connectivity index (χ0n) is 16.6. The van der Waals surface area contributed by atoms with E-state index in [0.717, 1.165) is 16.6 Å². The van der Waals surface area contributed by atoms with Crippen LogP contribution in [0, 0.1) is 6.92 Å². The van der Waals surface area contributed by atoms with Gasteiger partial charge >= 0.3 is 0 Å². The largest absolute Gasteiger partial charge is 0.477 e. The van der Waals surface area contributed by atoms with Gasteiger partial charge in [0.15, 0.2) is 0 Å². The Hall–Kier alpha value is -2.68. The first-order valence-corrected chi connectivity index (χ1v) is 9.39. The van der Waals surface area contributed by atoms with Gasteiger partial charge in [0.1, 0.15) is 16.7 Å². The number of nitrogens with zero attached hydrogens (tertiary/aromatic N) is 5. The summed E-state index contributed by atoms with van der Waals surface area (Å²) in [6.45, 7) is 1.99. The molecule has 1 N–H and O–H groups in total. The van der Waals surface area contributed by atoms with Gasteiger partial charge in [-0.2, -0.15) is 0 Å². The van der Waals surface area contributed by atoms with Crippen LogP contribution < -0.4 is 14.8 Å². The summed E-state index contributed by atoms with van der Waals surface area (Å²) in [5.41, 5.74) is 4.05. The summed E-state index contributed by atoms with van der Waals surface area (Å²) in [7, 11) is 6.73. The predicted octanol–water partition coefficient (Wildman–Crippen LogP) is 3.83. The number of ether oxygens (including phenoxy) is 2. The highest BCUT2D eigenvalue weighted by molar-refractivity contribution is 6.44. The van der Waals surface area contributed by atoms with E-state index in [0.29, 0.717) is 26.8 Å². The molecule has 152 valence electrons. The molecule has 0 aliphatic carbocycles. The summed E-state index contributed by atoms with van der Waals surface area (Å²) in [6.07, 6.45) is 0. The van der Waals surface area contributed by atoms with Crippen LogP contribution in [-0.4, -0.2) is 53.3 Å². The molecule has 0 amide bonds. The molecule has 0 fully saturated rings. The Bertz CT molecular complexity index is 1180. The van der Waals surface area contributed by atoms with Crippen molar-refractivity contribution in [1.29, 1.82) is 0 Å². The number of methoxy groups -OCH3 is 2. The van der Waals surface area contributed by atoms with Crippen LogP contribution in [0.2, 0.25) is 10.0 Å². The van der Waals surface area contributed by atoms with Crippen LogP contribution in [0.4, 0.5) is 0 Å². The topological polar surface area (TPSA) is 87.0 Å². The molecular formula is C19H20Cl2N6O2. The molecule has 0 radical (unpaired) electrons. The smallest absolute Gasteiger partial charge is 0.278 e. The van der Waals surface area contributed by atoms with Crippen LogP contribution in [0.1, 0.15) is 5.56 Å². The maximum absolute atomic E-state index is 6.50. The lowest BCUT2D eigenvalue weighted by Gasteiger charge is -2.12. The van der Waals surface area contributed by atoms with Crippen molar-refractivity contribution in [2.45, 2.75) is 6.92 Å². The SMILES string of the molecule is CNC.COc1nc2cc(Cl)c(Cl)c(-n3nnc4cc(C)ccc43)c2nc1OC. The molecule has 0 unspecified atom stereocenters. The van der Waals surface area contributed by atoms with E-state index in [1.165, 1.54) is 14.2 Å². The van der Waals surface area contributed by atoms with E-state index < -0.39 is 0 Å². The fourth-order valence-corrected chi connectivity index (χ4v) is 3.17. The molecule has 0 aliphatic heterocycles. The zero-order chi connectivity index (χ0) is 21.1. The van der Waals surface area contributed by atoms with Gasteiger partial charge in [-0.3, -0.25) is 0 Å². The van der Waals surface area contributed by atoms with Gasteiger partial charge in [-0.15, -0.1) is 5.10 Å². The van der Waals surface area contributed by atoms with Crippen LogP contribution in [0.5, 0.6) is 11.8 Å². The third kappa shape index (κ3) is 3.91. The monoisotopic (exact) mass is 434 g/mol. The summed E-state index contributed by atoms with van der Waals surface area (Å²) in [5.74, 6) is 0.489. The normalized spacial score (nSPS) is 10.7. The van der Waals surface area contributed by atoms with E-state index in [-0.39, 0.29) is 11.8 Å². The molecule has 10 heteroatoms. The lowest BCUT2D eigenvalue weighted by Crippen LogP contribution is -2.04. The minimum atomic E-state index is 0.236.